The van der Waals surface area contributed by atoms with Gasteiger partial charge in [-0.3, -0.25) is 4.79 Å². The maximum Gasteiger partial charge on any atom is 0.227 e. The molecule has 1 amide bonds. The van der Waals surface area contributed by atoms with E-state index >= 15 is 0 Å². The summed E-state index contributed by atoms with van der Waals surface area (Å²) in [6, 6.07) is 11.5. The van der Waals surface area contributed by atoms with E-state index in [1.54, 1.807) is 7.11 Å². The third-order valence-corrected chi connectivity index (χ3v) is 8.03. The molecule has 1 saturated carbocycles. The van der Waals surface area contributed by atoms with Gasteiger partial charge in [0.15, 0.2) is 0 Å². The van der Waals surface area contributed by atoms with Crippen molar-refractivity contribution in [2.45, 2.75) is 51.2 Å². The van der Waals surface area contributed by atoms with Crippen LogP contribution in [0.2, 0.25) is 0 Å². The van der Waals surface area contributed by atoms with Crippen molar-refractivity contribution >= 4 is 22.6 Å². The summed E-state index contributed by atoms with van der Waals surface area (Å²) in [5.74, 6) is 1.61. The Hall–Kier alpha value is -2.77. The first kappa shape index (κ1) is 22.7. The number of carbonyl (C=O) groups excluding carboxylic acids is 1. The van der Waals surface area contributed by atoms with Crippen molar-refractivity contribution in [3.63, 3.8) is 0 Å². The Kier molecular flexibility index (Phi) is 5.85. The van der Waals surface area contributed by atoms with Crippen LogP contribution in [0.4, 0.5) is 10.1 Å². The average Bonchev–Trinajstić information content (AvgIpc) is 3.54. The number of amides is 1. The highest BCUT2D eigenvalue weighted by atomic mass is 19.1. The van der Waals surface area contributed by atoms with Crippen LogP contribution in [0.3, 0.4) is 0 Å². The summed E-state index contributed by atoms with van der Waals surface area (Å²) >= 11 is 0. The highest BCUT2D eigenvalue weighted by Gasteiger charge is 2.34. The Bertz CT molecular complexity index is 1270. The molecule has 184 valence electrons. The van der Waals surface area contributed by atoms with Gasteiger partial charge in [0.2, 0.25) is 5.91 Å². The van der Waals surface area contributed by atoms with E-state index in [4.69, 9.17) is 4.74 Å². The van der Waals surface area contributed by atoms with Gasteiger partial charge in [-0.15, -0.1) is 0 Å². The van der Waals surface area contributed by atoms with Crippen molar-refractivity contribution in [3.8, 4) is 0 Å². The number of halogens is 1. The molecule has 0 radical (unpaired) electrons. The van der Waals surface area contributed by atoms with Crippen LogP contribution in [0.15, 0.2) is 36.4 Å². The summed E-state index contributed by atoms with van der Waals surface area (Å²) < 4.78 is 21.9. The van der Waals surface area contributed by atoms with E-state index in [9.17, 15) is 9.18 Å². The molecule has 3 atom stereocenters. The summed E-state index contributed by atoms with van der Waals surface area (Å²) in [4.78, 5) is 19.3. The van der Waals surface area contributed by atoms with E-state index in [-0.39, 0.29) is 29.8 Å². The van der Waals surface area contributed by atoms with Crippen LogP contribution in [0.5, 0.6) is 0 Å². The predicted molar refractivity (Wildman–Crippen MR) is 134 cm³/mol. The molecule has 1 N–H and O–H groups in total. The number of imidazole rings is 1. The number of benzene rings is 2. The Morgan fingerprint density at radius 2 is 1.97 bits per heavy atom. The number of piperidine rings is 1. The molecule has 1 saturated heterocycles. The van der Waals surface area contributed by atoms with Gasteiger partial charge in [-0.05, 0) is 80.3 Å². The lowest BCUT2D eigenvalue weighted by molar-refractivity contribution is -0.117. The Morgan fingerprint density at radius 3 is 2.77 bits per heavy atom. The zero-order chi connectivity index (χ0) is 24.1. The third kappa shape index (κ3) is 4.47. The number of anilines is 1. The molecule has 2 aromatic carbocycles. The van der Waals surface area contributed by atoms with Gasteiger partial charge in [-0.25, -0.2) is 9.37 Å². The minimum absolute atomic E-state index is 0.0536. The van der Waals surface area contributed by atoms with Crippen molar-refractivity contribution < 1.29 is 13.9 Å². The number of nitrogens with one attached hydrogen (secondary N) is 1. The van der Waals surface area contributed by atoms with E-state index in [2.05, 4.69) is 38.0 Å². The Labute approximate surface area is 205 Å². The van der Waals surface area contributed by atoms with Crippen LogP contribution < -0.4 is 5.32 Å². The zero-order valence-electron chi connectivity index (χ0n) is 20.5. The zero-order valence-corrected chi connectivity index (χ0v) is 20.5. The number of hydrogen-bond donors (Lipinski definition) is 1. The van der Waals surface area contributed by atoms with E-state index < -0.39 is 0 Å². The fourth-order valence-corrected chi connectivity index (χ4v) is 6.14. The molecule has 35 heavy (non-hydrogen) atoms. The highest BCUT2D eigenvalue weighted by molar-refractivity contribution is 5.94. The SMILES string of the molecule is CO[C@@H]1CN(C[C@@H]2Cc3ccc(NC(=O)C4CC4)cc3C2)CC[C@H]1n1c(C)nc2cc(F)ccc21. The summed E-state index contributed by atoms with van der Waals surface area (Å²) in [5, 5.41) is 3.09. The third-order valence-electron chi connectivity index (χ3n) is 8.03. The van der Waals surface area contributed by atoms with Crippen molar-refractivity contribution in [2.75, 3.05) is 32.1 Å². The molecule has 0 unspecified atom stereocenters. The topological polar surface area (TPSA) is 59.4 Å². The molecule has 2 heterocycles. The van der Waals surface area contributed by atoms with Gasteiger partial charge in [0, 0.05) is 44.4 Å². The van der Waals surface area contributed by atoms with Crippen LogP contribution in [0.1, 0.15) is 42.3 Å². The number of carbonyl (C=O) groups is 1. The maximum atomic E-state index is 13.7. The van der Waals surface area contributed by atoms with Crippen LogP contribution in [-0.4, -0.2) is 53.2 Å². The molecule has 0 bridgehead atoms. The number of likely N-dealkylation sites (tertiary alicyclic amines) is 1. The van der Waals surface area contributed by atoms with Gasteiger partial charge in [0.05, 0.1) is 23.2 Å². The van der Waals surface area contributed by atoms with E-state index in [0.717, 1.165) is 68.8 Å². The van der Waals surface area contributed by atoms with Gasteiger partial charge < -0.3 is 19.5 Å². The van der Waals surface area contributed by atoms with Gasteiger partial charge in [0.25, 0.3) is 0 Å². The number of hydrogen-bond acceptors (Lipinski definition) is 4. The van der Waals surface area contributed by atoms with Crippen molar-refractivity contribution in [1.82, 2.24) is 14.5 Å². The molecule has 6 rings (SSSR count). The highest BCUT2D eigenvalue weighted by Crippen LogP contribution is 2.35. The Balaban J connectivity index is 1.11. The second kappa shape index (κ2) is 9.03. The van der Waals surface area contributed by atoms with Crippen LogP contribution in [0.25, 0.3) is 11.0 Å². The fraction of sp³-hybridized carbons (Fsp3) is 0.500. The van der Waals surface area contributed by atoms with Crippen molar-refractivity contribution in [1.29, 1.82) is 0 Å². The number of fused-ring (bicyclic) bond motifs is 2. The second-order valence-electron chi connectivity index (χ2n) is 10.6. The van der Waals surface area contributed by atoms with Crippen LogP contribution in [0, 0.1) is 24.6 Å². The molecule has 3 aromatic rings. The molecule has 1 aliphatic heterocycles. The molecule has 6 nitrogen and oxygen atoms in total. The quantitative estimate of drug-likeness (QED) is 0.569. The van der Waals surface area contributed by atoms with E-state index in [1.165, 1.54) is 23.3 Å². The lowest BCUT2D eigenvalue weighted by Crippen LogP contribution is -2.47. The van der Waals surface area contributed by atoms with E-state index in [1.807, 2.05) is 13.0 Å². The standard InChI is InChI=1S/C28H33FN4O2/c1-17-30-24-14-22(29)6-8-25(24)33(17)26-9-10-32(16-27(26)35-2)15-18-11-20-5-7-23(13-21(20)12-18)31-28(34)19-3-4-19/h5-8,13-14,18-19,26-27H,3-4,9-12,15-16H2,1-2H3,(H,31,34)/t18-,26-,27-/m1/s1. The number of nitrogens with zero attached hydrogens (tertiary/aromatic N) is 3. The number of rotatable bonds is 6. The summed E-state index contributed by atoms with van der Waals surface area (Å²) in [7, 11) is 1.79. The molecule has 7 heteroatoms. The van der Waals surface area contributed by atoms with E-state index in [0.29, 0.717) is 11.4 Å². The normalized spacial score (nSPS) is 24.6. The smallest absolute Gasteiger partial charge is 0.227 e. The monoisotopic (exact) mass is 476 g/mol. The predicted octanol–water partition coefficient (Wildman–Crippen LogP) is 4.51. The molecule has 2 fully saturated rings. The van der Waals surface area contributed by atoms with Gasteiger partial charge in [-0.1, -0.05) is 6.07 Å². The van der Waals surface area contributed by atoms with Crippen LogP contribution in [-0.2, 0) is 22.4 Å². The maximum absolute atomic E-state index is 13.7. The summed E-state index contributed by atoms with van der Waals surface area (Å²) in [6.07, 6.45) is 5.20. The molecule has 0 spiro atoms. The first-order chi connectivity index (χ1) is 17.0. The minimum atomic E-state index is -0.254. The van der Waals surface area contributed by atoms with Crippen LogP contribution >= 0.6 is 0 Å². The Morgan fingerprint density at radius 1 is 1.14 bits per heavy atom. The first-order valence-electron chi connectivity index (χ1n) is 12.8. The number of aromatic nitrogens is 2. The van der Waals surface area contributed by atoms with Gasteiger partial charge >= 0.3 is 0 Å². The van der Waals surface area contributed by atoms with Crippen molar-refractivity contribution in [3.05, 3.63) is 59.2 Å². The molecule has 2 aliphatic carbocycles. The molecule has 3 aliphatic rings. The van der Waals surface area contributed by atoms with Gasteiger partial charge in [0.1, 0.15) is 11.6 Å². The van der Waals surface area contributed by atoms with Gasteiger partial charge in [-0.2, -0.15) is 0 Å². The largest absolute Gasteiger partial charge is 0.378 e. The lowest BCUT2D eigenvalue weighted by Gasteiger charge is -2.40. The average molecular weight is 477 g/mol. The second-order valence-corrected chi connectivity index (χ2v) is 10.6. The summed E-state index contributed by atoms with van der Waals surface area (Å²) in [6.45, 7) is 4.91. The molecule has 1 aromatic heterocycles. The summed E-state index contributed by atoms with van der Waals surface area (Å²) in [5.41, 5.74) is 5.39. The molecular formula is C28H33FN4O2. The number of ether oxygens (including phenoxy) is 1. The lowest BCUT2D eigenvalue weighted by atomic mass is 9.98. The fourth-order valence-electron chi connectivity index (χ4n) is 6.14. The number of aryl methyl sites for hydroxylation is 1. The number of methoxy groups -OCH3 is 1. The minimum Gasteiger partial charge on any atom is -0.378 e. The molecular weight excluding hydrogens is 443 g/mol. The van der Waals surface area contributed by atoms with Crippen molar-refractivity contribution in [2.24, 2.45) is 11.8 Å². The first-order valence-corrected chi connectivity index (χ1v) is 12.8.